The number of nitrogens with zero attached hydrogens (tertiary/aromatic N) is 5. The number of ether oxygens (including phenoxy) is 1. The van der Waals surface area contributed by atoms with Crippen molar-refractivity contribution in [3.63, 3.8) is 0 Å². The molecule has 6 rings (SSSR count). The van der Waals surface area contributed by atoms with Crippen molar-refractivity contribution in [1.29, 1.82) is 0 Å². The Kier molecular flexibility index (Phi) is 5.57. The summed E-state index contributed by atoms with van der Waals surface area (Å²) < 4.78 is 63.0. The predicted molar refractivity (Wildman–Crippen MR) is 127 cm³/mol. The van der Waals surface area contributed by atoms with E-state index in [-0.39, 0.29) is 20.9 Å². The highest BCUT2D eigenvalue weighted by Gasteiger charge is 2.42. The van der Waals surface area contributed by atoms with Crippen LogP contribution in [0.25, 0.3) is 16.3 Å². The van der Waals surface area contributed by atoms with Crippen molar-refractivity contribution in [3.05, 3.63) is 22.4 Å². The summed E-state index contributed by atoms with van der Waals surface area (Å²) in [7, 11) is -3.87. The highest BCUT2D eigenvalue weighted by molar-refractivity contribution is 7.89. The van der Waals surface area contributed by atoms with Gasteiger partial charge in [0.15, 0.2) is 21.0 Å². The molecule has 1 aliphatic carbocycles. The third-order valence-electron chi connectivity index (χ3n) is 7.05. The lowest BCUT2D eigenvalue weighted by Gasteiger charge is -2.36. The highest BCUT2D eigenvalue weighted by Crippen LogP contribution is 2.41. The first kappa shape index (κ1) is 23.5. The van der Waals surface area contributed by atoms with Gasteiger partial charge in [-0.05, 0) is 38.2 Å². The molecule has 35 heavy (non-hydrogen) atoms. The van der Waals surface area contributed by atoms with Gasteiger partial charge < -0.3 is 9.64 Å². The van der Waals surface area contributed by atoms with Gasteiger partial charge in [0.25, 0.3) is 6.43 Å². The van der Waals surface area contributed by atoms with Crippen LogP contribution in [0.15, 0.2) is 17.2 Å². The molecule has 0 unspecified atom stereocenters. The maximum Gasteiger partial charge on any atom is 0.291 e. The largest absolute Gasteiger partial charge is 0.381 e. The standard InChI is InChI=1S/C21H23ClF2N6O3S2/c1-21(3-4-21)28-35(31,32)13-6-14(29-5-2-11-9-33-10-12(11)7-29)15-16(22)25-18(30(15)8-13)20-27-26-19(34-20)17(23)24/h6,8,11-12,17,28H,2-5,7,9-10H2,1H3/t11-,12+/m1/s1. The lowest BCUT2D eigenvalue weighted by Crippen LogP contribution is -2.40. The molecule has 3 aromatic heterocycles. The number of halogens is 3. The van der Waals surface area contributed by atoms with Crippen LogP contribution in [0.1, 0.15) is 37.6 Å². The molecule has 188 valence electrons. The van der Waals surface area contributed by atoms with E-state index in [0.29, 0.717) is 54.1 Å². The molecule has 1 N–H and O–H groups in total. The number of imidazole rings is 1. The molecule has 5 heterocycles. The zero-order chi connectivity index (χ0) is 24.5. The Hall–Kier alpha value is -1.93. The maximum atomic E-state index is 13.4. The van der Waals surface area contributed by atoms with Crippen LogP contribution in [-0.2, 0) is 14.8 Å². The van der Waals surface area contributed by atoms with Crippen LogP contribution < -0.4 is 9.62 Å². The number of anilines is 1. The molecule has 1 saturated carbocycles. The lowest BCUT2D eigenvalue weighted by molar-refractivity contribution is 0.150. The van der Waals surface area contributed by atoms with Gasteiger partial charge in [-0.15, -0.1) is 10.2 Å². The summed E-state index contributed by atoms with van der Waals surface area (Å²) in [6, 6.07) is 1.63. The summed E-state index contributed by atoms with van der Waals surface area (Å²) in [5.74, 6) is 0.991. The zero-order valence-corrected chi connectivity index (χ0v) is 21.1. The number of hydrogen-bond donors (Lipinski definition) is 1. The molecule has 2 aliphatic heterocycles. The quantitative estimate of drug-likeness (QED) is 0.504. The number of sulfonamides is 1. The van der Waals surface area contributed by atoms with Crippen LogP contribution in [0.5, 0.6) is 0 Å². The summed E-state index contributed by atoms with van der Waals surface area (Å²) in [5.41, 5.74) is 0.667. The summed E-state index contributed by atoms with van der Waals surface area (Å²) in [6.07, 6.45) is 1.10. The average molecular weight is 545 g/mol. The van der Waals surface area contributed by atoms with Gasteiger partial charge >= 0.3 is 0 Å². The Balaban J connectivity index is 1.51. The lowest BCUT2D eigenvalue weighted by atomic mass is 9.88. The first-order valence-electron chi connectivity index (χ1n) is 11.3. The number of hydrogen-bond acceptors (Lipinski definition) is 8. The van der Waals surface area contributed by atoms with Crippen molar-refractivity contribution in [2.75, 3.05) is 31.2 Å². The molecular formula is C21H23ClF2N6O3S2. The van der Waals surface area contributed by atoms with Crippen molar-refractivity contribution >= 4 is 44.2 Å². The molecule has 3 aromatic rings. The minimum Gasteiger partial charge on any atom is -0.381 e. The van der Waals surface area contributed by atoms with Crippen molar-refractivity contribution in [2.45, 2.75) is 43.0 Å². The number of alkyl halides is 2. The predicted octanol–water partition coefficient (Wildman–Crippen LogP) is 3.75. The van der Waals surface area contributed by atoms with E-state index < -0.39 is 27.0 Å². The van der Waals surface area contributed by atoms with Gasteiger partial charge in [-0.2, -0.15) is 0 Å². The Morgan fingerprint density at radius 1 is 1.29 bits per heavy atom. The monoisotopic (exact) mass is 544 g/mol. The van der Waals surface area contributed by atoms with Gasteiger partial charge in [-0.1, -0.05) is 22.9 Å². The molecule has 0 spiro atoms. The van der Waals surface area contributed by atoms with Crippen LogP contribution in [0.4, 0.5) is 14.5 Å². The Bertz CT molecular complexity index is 1410. The van der Waals surface area contributed by atoms with Crippen LogP contribution >= 0.6 is 22.9 Å². The second kappa shape index (κ2) is 8.30. The number of pyridine rings is 1. The van der Waals surface area contributed by atoms with E-state index in [1.165, 1.54) is 10.6 Å². The van der Waals surface area contributed by atoms with Gasteiger partial charge in [0.1, 0.15) is 10.4 Å². The summed E-state index contributed by atoms with van der Waals surface area (Å²) in [5, 5.41) is 7.25. The van der Waals surface area contributed by atoms with E-state index >= 15 is 0 Å². The third kappa shape index (κ3) is 4.20. The molecule has 9 nitrogen and oxygen atoms in total. The van der Waals surface area contributed by atoms with Gasteiger partial charge in [-0.3, -0.25) is 4.40 Å². The van der Waals surface area contributed by atoms with E-state index in [2.05, 4.69) is 24.8 Å². The third-order valence-corrected chi connectivity index (χ3v) is 9.85. The smallest absolute Gasteiger partial charge is 0.291 e. The van der Waals surface area contributed by atoms with Crippen LogP contribution in [0.2, 0.25) is 5.15 Å². The van der Waals surface area contributed by atoms with E-state index in [0.717, 1.165) is 25.9 Å². The van der Waals surface area contributed by atoms with Gasteiger partial charge in [0.2, 0.25) is 10.0 Å². The molecule has 0 bridgehead atoms. The van der Waals surface area contributed by atoms with E-state index in [9.17, 15) is 17.2 Å². The molecule has 14 heteroatoms. The number of piperidine rings is 1. The second-order valence-electron chi connectivity index (χ2n) is 9.71. The van der Waals surface area contributed by atoms with Gasteiger partial charge in [-0.25, -0.2) is 26.9 Å². The number of rotatable bonds is 6. The SMILES string of the molecule is CC1(NS(=O)(=O)c2cc(N3CC[C@@H]4COC[C@@H]4C3)c3c(Cl)nc(-c4nnc(C(F)F)s4)n3c2)CC1. The highest BCUT2D eigenvalue weighted by atomic mass is 35.5. The number of fused-ring (bicyclic) bond motifs is 2. The fraction of sp³-hybridized carbons (Fsp3) is 0.571. The molecular weight excluding hydrogens is 522 g/mol. The van der Waals surface area contributed by atoms with Crippen LogP contribution in [-0.4, -0.2) is 59.8 Å². The topological polar surface area (TPSA) is 102 Å². The molecule has 3 fully saturated rings. The fourth-order valence-corrected chi connectivity index (χ4v) is 7.27. The number of aromatic nitrogens is 4. The molecule has 2 saturated heterocycles. The molecule has 3 aliphatic rings. The van der Waals surface area contributed by atoms with E-state index in [4.69, 9.17) is 16.3 Å². The summed E-state index contributed by atoms with van der Waals surface area (Å²) in [4.78, 5) is 6.55. The normalized spacial score (nSPS) is 23.9. The minimum absolute atomic E-state index is 0.0480. The van der Waals surface area contributed by atoms with Gasteiger partial charge in [0, 0.05) is 37.4 Å². The average Bonchev–Trinajstić information content (AvgIpc) is 3.23. The fourth-order valence-electron chi connectivity index (χ4n) is 4.83. The van der Waals surface area contributed by atoms with Crippen molar-refractivity contribution in [3.8, 4) is 10.8 Å². The second-order valence-corrected chi connectivity index (χ2v) is 12.8. The molecule has 0 aromatic carbocycles. The van der Waals surface area contributed by atoms with Crippen molar-refractivity contribution in [1.82, 2.24) is 24.3 Å². The Morgan fingerprint density at radius 2 is 2.06 bits per heavy atom. The van der Waals surface area contributed by atoms with Crippen molar-refractivity contribution < 1.29 is 21.9 Å². The first-order valence-corrected chi connectivity index (χ1v) is 14.0. The van der Waals surface area contributed by atoms with Gasteiger partial charge in [0.05, 0.1) is 12.3 Å². The Morgan fingerprint density at radius 3 is 2.77 bits per heavy atom. The number of nitrogens with one attached hydrogen (secondary N) is 1. The van der Waals surface area contributed by atoms with Crippen LogP contribution in [0.3, 0.4) is 0 Å². The molecule has 2 atom stereocenters. The summed E-state index contributed by atoms with van der Waals surface area (Å²) in [6.45, 7) is 4.67. The van der Waals surface area contributed by atoms with Crippen LogP contribution in [0, 0.1) is 11.8 Å². The van der Waals surface area contributed by atoms with E-state index in [1.54, 1.807) is 6.07 Å². The van der Waals surface area contributed by atoms with E-state index in [1.807, 2.05) is 6.92 Å². The maximum absolute atomic E-state index is 13.4. The van der Waals surface area contributed by atoms with Crippen molar-refractivity contribution in [2.24, 2.45) is 11.8 Å². The first-order chi connectivity index (χ1) is 16.6. The minimum atomic E-state index is -3.87. The zero-order valence-electron chi connectivity index (χ0n) is 18.7. The molecule has 0 radical (unpaired) electrons. The summed E-state index contributed by atoms with van der Waals surface area (Å²) >= 11 is 7.28. The Labute approximate surface area is 209 Å². The molecule has 0 amide bonds.